The first kappa shape index (κ1) is 14.7. The van der Waals surface area contributed by atoms with Gasteiger partial charge in [-0.1, -0.05) is 0 Å². The molecule has 0 spiro atoms. The Balaban J connectivity index is 1.85. The predicted octanol–water partition coefficient (Wildman–Crippen LogP) is 0.0493. The molecular weight excluding hydrogens is 252 g/mol. The van der Waals surface area contributed by atoms with Crippen LogP contribution in [0, 0.1) is 5.41 Å². The summed E-state index contributed by atoms with van der Waals surface area (Å²) in [4.78, 5) is 11.3. The van der Waals surface area contributed by atoms with Gasteiger partial charge in [-0.15, -0.1) is 0 Å². The Bertz CT molecular complexity index is 433. The quantitative estimate of drug-likeness (QED) is 0.587. The lowest BCUT2D eigenvalue weighted by Crippen LogP contribution is -2.48. The number of nitrogens with one attached hydrogen (secondary N) is 1. The Labute approximate surface area is 120 Å². The highest BCUT2D eigenvalue weighted by molar-refractivity contribution is 5.93. The molecular formula is C14H24N6. The van der Waals surface area contributed by atoms with Gasteiger partial charge in [0.05, 0.1) is 11.9 Å². The molecule has 0 radical (unpaired) electrons. The molecule has 1 fully saturated rings. The summed E-state index contributed by atoms with van der Waals surface area (Å²) in [6, 6.07) is 3.81. The van der Waals surface area contributed by atoms with Gasteiger partial charge in [0.25, 0.3) is 0 Å². The third kappa shape index (κ3) is 3.91. The number of hydrogen-bond acceptors (Lipinski definition) is 5. The number of nitrogens with two attached hydrogens (primary N) is 1. The fourth-order valence-electron chi connectivity index (χ4n) is 2.30. The lowest BCUT2D eigenvalue weighted by atomic mass is 10.2. The van der Waals surface area contributed by atoms with Crippen molar-refractivity contribution in [1.29, 1.82) is 5.41 Å². The number of amidine groups is 1. The molecule has 1 aromatic rings. The molecule has 0 bridgehead atoms. The Morgan fingerprint density at radius 1 is 1.30 bits per heavy atom. The second kappa shape index (κ2) is 6.67. The maximum Gasteiger partial charge on any atom is 0.141 e. The van der Waals surface area contributed by atoms with Crippen LogP contribution in [0.25, 0.3) is 0 Å². The smallest absolute Gasteiger partial charge is 0.141 e. The Morgan fingerprint density at radius 3 is 2.50 bits per heavy atom. The van der Waals surface area contributed by atoms with Crippen LogP contribution in [0.1, 0.15) is 5.69 Å². The average Bonchev–Trinajstić information content (AvgIpc) is 2.46. The van der Waals surface area contributed by atoms with Crippen molar-refractivity contribution in [2.24, 2.45) is 5.73 Å². The zero-order valence-corrected chi connectivity index (χ0v) is 12.3. The maximum atomic E-state index is 7.35. The number of rotatable bonds is 5. The van der Waals surface area contributed by atoms with Crippen LogP contribution < -0.4 is 10.6 Å². The molecule has 0 amide bonds. The van der Waals surface area contributed by atoms with Crippen LogP contribution in [0.5, 0.6) is 0 Å². The molecule has 20 heavy (non-hydrogen) atoms. The van der Waals surface area contributed by atoms with E-state index in [0.717, 1.165) is 45.0 Å². The van der Waals surface area contributed by atoms with E-state index in [4.69, 9.17) is 11.1 Å². The van der Waals surface area contributed by atoms with Crippen LogP contribution in [-0.2, 0) is 0 Å². The van der Waals surface area contributed by atoms with Gasteiger partial charge in [0.2, 0.25) is 0 Å². The summed E-state index contributed by atoms with van der Waals surface area (Å²) in [6.07, 6.45) is 1.81. The van der Waals surface area contributed by atoms with Crippen LogP contribution in [0.3, 0.4) is 0 Å². The van der Waals surface area contributed by atoms with Crippen LogP contribution in [0.15, 0.2) is 18.3 Å². The van der Waals surface area contributed by atoms with Crippen molar-refractivity contribution in [3.8, 4) is 0 Å². The van der Waals surface area contributed by atoms with E-state index in [9.17, 15) is 0 Å². The number of likely N-dealkylation sites (N-methyl/N-ethyl adjacent to an activating group) is 1. The third-order valence-electron chi connectivity index (χ3n) is 3.62. The molecule has 1 aliphatic rings. The van der Waals surface area contributed by atoms with Gasteiger partial charge in [-0.3, -0.25) is 15.3 Å². The van der Waals surface area contributed by atoms with E-state index in [0.29, 0.717) is 5.69 Å². The summed E-state index contributed by atoms with van der Waals surface area (Å²) in [5, 5.41) is 7.35. The maximum absolute atomic E-state index is 7.35. The Hall–Kier alpha value is -1.66. The topological polar surface area (TPSA) is 72.5 Å². The van der Waals surface area contributed by atoms with Gasteiger partial charge in [0.1, 0.15) is 11.5 Å². The van der Waals surface area contributed by atoms with E-state index in [-0.39, 0.29) is 5.84 Å². The minimum atomic E-state index is 0.0186. The molecule has 6 nitrogen and oxygen atoms in total. The number of piperazine rings is 1. The first-order valence-electron chi connectivity index (χ1n) is 6.99. The van der Waals surface area contributed by atoms with Crippen LogP contribution in [0.4, 0.5) is 5.69 Å². The Kier molecular flexibility index (Phi) is 4.92. The standard InChI is InChI=1S/C14H24N6/c1-18(2)5-6-19-7-9-20(10-8-19)12-3-4-13(14(15)16)17-11-12/h3-4,11H,5-10H2,1-2H3,(H3,15,16). The summed E-state index contributed by atoms with van der Waals surface area (Å²) in [7, 11) is 4.22. The van der Waals surface area contributed by atoms with Crippen molar-refractivity contribution >= 4 is 11.5 Å². The first-order chi connectivity index (χ1) is 9.56. The fraction of sp³-hybridized carbons (Fsp3) is 0.571. The molecule has 2 heterocycles. The normalized spacial score (nSPS) is 16.6. The zero-order valence-electron chi connectivity index (χ0n) is 12.3. The monoisotopic (exact) mass is 276 g/mol. The van der Waals surface area contributed by atoms with Gasteiger partial charge in [-0.25, -0.2) is 0 Å². The third-order valence-corrected chi connectivity index (χ3v) is 3.62. The van der Waals surface area contributed by atoms with E-state index < -0.39 is 0 Å². The van der Waals surface area contributed by atoms with Gasteiger partial charge in [0.15, 0.2) is 0 Å². The molecule has 110 valence electrons. The van der Waals surface area contributed by atoms with Gasteiger partial charge in [-0.2, -0.15) is 0 Å². The van der Waals surface area contributed by atoms with Gasteiger partial charge < -0.3 is 15.5 Å². The highest BCUT2D eigenvalue weighted by Crippen LogP contribution is 2.15. The van der Waals surface area contributed by atoms with E-state index in [1.54, 1.807) is 0 Å². The van der Waals surface area contributed by atoms with E-state index in [1.807, 2.05) is 18.3 Å². The summed E-state index contributed by atoms with van der Waals surface area (Å²) < 4.78 is 0. The predicted molar refractivity (Wildman–Crippen MR) is 82.5 cm³/mol. The molecule has 6 heteroatoms. The molecule has 0 aliphatic carbocycles. The number of nitrogen functional groups attached to an aromatic ring is 1. The van der Waals surface area contributed by atoms with Gasteiger partial charge in [0, 0.05) is 39.3 Å². The van der Waals surface area contributed by atoms with Crippen molar-refractivity contribution in [2.45, 2.75) is 0 Å². The lowest BCUT2D eigenvalue weighted by Gasteiger charge is -2.36. The van der Waals surface area contributed by atoms with Crippen molar-refractivity contribution in [2.75, 3.05) is 58.3 Å². The molecule has 1 saturated heterocycles. The number of aromatic nitrogens is 1. The summed E-state index contributed by atoms with van der Waals surface area (Å²) in [6.45, 7) is 6.45. The summed E-state index contributed by atoms with van der Waals surface area (Å²) in [5.74, 6) is 0.0186. The molecule has 0 atom stereocenters. The molecule has 0 saturated carbocycles. The Morgan fingerprint density at radius 2 is 2.00 bits per heavy atom. The van der Waals surface area contributed by atoms with Crippen LogP contribution in [0.2, 0.25) is 0 Å². The highest BCUT2D eigenvalue weighted by atomic mass is 15.3. The van der Waals surface area contributed by atoms with Crippen molar-refractivity contribution in [1.82, 2.24) is 14.8 Å². The second-order valence-corrected chi connectivity index (χ2v) is 5.45. The average molecular weight is 276 g/mol. The van der Waals surface area contributed by atoms with Crippen molar-refractivity contribution in [3.05, 3.63) is 24.0 Å². The largest absolute Gasteiger partial charge is 0.382 e. The van der Waals surface area contributed by atoms with Gasteiger partial charge >= 0.3 is 0 Å². The molecule has 3 N–H and O–H groups in total. The number of hydrogen-bond donors (Lipinski definition) is 2. The minimum absolute atomic E-state index is 0.0186. The molecule has 0 unspecified atom stereocenters. The van der Waals surface area contributed by atoms with Crippen molar-refractivity contribution < 1.29 is 0 Å². The van der Waals surface area contributed by atoms with E-state index in [1.165, 1.54) is 0 Å². The number of pyridine rings is 1. The minimum Gasteiger partial charge on any atom is -0.382 e. The van der Waals surface area contributed by atoms with Crippen LogP contribution >= 0.6 is 0 Å². The van der Waals surface area contributed by atoms with Gasteiger partial charge in [-0.05, 0) is 26.2 Å². The lowest BCUT2D eigenvalue weighted by molar-refractivity contribution is 0.229. The molecule has 2 rings (SSSR count). The molecule has 1 aliphatic heterocycles. The SMILES string of the molecule is CN(C)CCN1CCN(c2ccc(C(=N)N)nc2)CC1. The molecule has 1 aromatic heterocycles. The zero-order chi connectivity index (χ0) is 14.5. The summed E-state index contributed by atoms with van der Waals surface area (Å²) >= 11 is 0. The van der Waals surface area contributed by atoms with E-state index in [2.05, 4.69) is 33.8 Å². The first-order valence-corrected chi connectivity index (χ1v) is 6.99. The number of anilines is 1. The second-order valence-electron chi connectivity index (χ2n) is 5.45. The number of nitrogens with zero attached hydrogens (tertiary/aromatic N) is 4. The molecule has 0 aromatic carbocycles. The highest BCUT2D eigenvalue weighted by Gasteiger charge is 2.17. The summed E-state index contributed by atoms with van der Waals surface area (Å²) in [5.41, 5.74) is 7.07. The van der Waals surface area contributed by atoms with E-state index >= 15 is 0 Å². The van der Waals surface area contributed by atoms with Crippen LogP contribution in [-0.4, -0.2) is 74.0 Å². The fourth-order valence-corrected chi connectivity index (χ4v) is 2.30. The van der Waals surface area contributed by atoms with Crippen molar-refractivity contribution in [3.63, 3.8) is 0 Å².